The van der Waals surface area contributed by atoms with E-state index >= 15 is 0 Å². The first-order chi connectivity index (χ1) is 30.1. The molecule has 1 heterocycles. The van der Waals surface area contributed by atoms with E-state index in [2.05, 4.69) is 0 Å². The first-order valence-corrected chi connectivity index (χ1v) is 21.1. The smallest absolute Gasteiger partial charge is 0.340 e. The maximum Gasteiger partial charge on any atom is 0.340 e. The van der Waals surface area contributed by atoms with Crippen LogP contribution in [0, 0.1) is 0 Å². The molecule has 0 saturated carbocycles. The Morgan fingerprint density at radius 2 is 0.887 bits per heavy atom. The van der Waals surface area contributed by atoms with E-state index in [1.807, 2.05) is 48.5 Å². The Morgan fingerprint density at radius 3 is 1.37 bits per heavy atom. The Morgan fingerprint density at radius 1 is 0.484 bits per heavy atom. The third kappa shape index (κ3) is 9.58. The van der Waals surface area contributed by atoms with E-state index in [1.165, 1.54) is 48.5 Å². The molecule has 62 heavy (non-hydrogen) atoms. The molecule has 1 fully saturated rings. The Hall–Kier alpha value is -6.73. The number of carbonyl (C=O) groups excluding carboxylic acids is 4. The van der Waals surface area contributed by atoms with E-state index in [0.717, 1.165) is 22.3 Å². The van der Waals surface area contributed by atoms with Crippen molar-refractivity contribution in [1.29, 1.82) is 0 Å². The fourth-order valence-corrected chi connectivity index (χ4v) is 8.32. The monoisotopic (exact) mass is 853 g/mol. The summed E-state index contributed by atoms with van der Waals surface area (Å²) in [5.74, 6) is -4.21. The Balaban J connectivity index is 1.17. The highest BCUT2D eigenvalue weighted by atomic mass is 31.2. The lowest BCUT2D eigenvalue weighted by Gasteiger charge is -2.45. The molecule has 8 rings (SSSR count). The molecule has 2 aliphatic rings. The quantitative estimate of drug-likeness (QED) is 0.0598. The first-order valence-electron chi connectivity index (χ1n) is 19.6. The van der Waals surface area contributed by atoms with Gasteiger partial charge in [-0.15, -0.1) is 0 Å². The Kier molecular flexibility index (Phi) is 12.8. The molecule has 6 aromatic rings. The van der Waals surface area contributed by atoms with Gasteiger partial charge in [0.25, 0.3) is 7.82 Å². The van der Waals surface area contributed by atoms with E-state index in [4.69, 9.17) is 32.7 Å². The lowest BCUT2D eigenvalue weighted by molar-refractivity contribution is -0.295. The van der Waals surface area contributed by atoms with E-state index in [1.54, 1.807) is 72.8 Å². The van der Waals surface area contributed by atoms with Crippen molar-refractivity contribution >= 4 is 31.7 Å². The van der Waals surface area contributed by atoms with Gasteiger partial charge in [-0.3, -0.25) is 4.57 Å². The second-order valence-electron chi connectivity index (χ2n) is 14.3. The molecule has 0 bridgehead atoms. The van der Waals surface area contributed by atoms with Gasteiger partial charge in [0.1, 0.15) is 18.8 Å². The van der Waals surface area contributed by atoms with Crippen molar-refractivity contribution in [2.45, 2.75) is 36.6 Å². The van der Waals surface area contributed by atoms with Crippen molar-refractivity contribution in [3.8, 4) is 11.1 Å². The average Bonchev–Trinajstić information content (AvgIpc) is 3.63. The van der Waals surface area contributed by atoms with Crippen molar-refractivity contribution in [3.05, 3.63) is 203 Å². The SMILES string of the molecule is O=C(OC[C@H]1O[C@H](OC(=O)c2ccccc2)[C@@H](OC(=O)c2ccccc2)[C@@H](OC(=O)c2ccccc2)[C@@H]1OP(=O)([O-])OCC1c2ccccc2-c2ccccc21)c1ccccc1. The summed E-state index contributed by atoms with van der Waals surface area (Å²) in [4.78, 5) is 68.8. The molecule has 1 aliphatic heterocycles. The Labute approximate surface area is 356 Å². The topological polar surface area (TPSA) is 173 Å². The zero-order valence-electron chi connectivity index (χ0n) is 32.8. The van der Waals surface area contributed by atoms with Gasteiger partial charge in [-0.2, -0.15) is 0 Å². The molecule has 0 amide bonds. The molecule has 1 saturated heterocycles. The number of rotatable bonds is 14. The molecule has 0 radical (unpaired) electrons. The summed E-state index contributed by atoms with van der Waals surface area (Å²) in [5.41, 5.74) is 3.86. The van der Waals surface area contributed by atoms with Crippen molar-refractivity contribution in [2.24, 2.45) is 0 Å². The van der Waals surface area contributed by atoms with Crippen molar-refractivity contribution in [1.82, 2.24) is 0 Å². The van der Waals surface area contributed by atoms with Gasteiger partial charge in [0.05, 0.1) is 28.9 Å². The van der Waals surface area contributed by atoms with Crippen LogP contribution < -0.4 is 4.89 Å². The Bertz CT molecular complexity index is 2530. The molecule has 0 aromatic heterocycles. The van der Waals surface area contributed by atoms with Gasteiger partial charge in [0.2, 0.25) is 12.4 Å². The highest BCUT2D eigenvalue weighted by molar-refractivity contribution is 7.45. The normalized spacial score (nSPS) is 20.1. The number of benzene rings is 6. The summed E-state index contributed by atoms with van der Waals surface area (Å²) in [6.45, 7) is -1.10. The van der Waals surface area contributed by atoms with Crippen LogP contribution in [0.5, 0.6) is 0 Å². The van der Waals surface area contributed by atoms with Crippen LogP contribution in [-0.2, 0) is 37.3 Å². The molecular formula is C48H38O13P-. The van der Waals surface area contributed by atoms with E-state index in [-0.39, 0.29) is 28.9 Å². The minimum absolute atomic E-state index is 0.0379. The standard InChI is InChI=1S/C48H39O13P/c49-44(31-17-5-1-6-18-31)55-30-40-41(61-62(53,54)56-29-39-37-27-15-13-25-35(37)36-26-14-16-28-38(36)39)42(58-45(50)32-19-7-2-8-20-32)43(59-46(51)33-21-9-3-10-22-33)48(57-40)60-47(52)34-23-11-4-12-24-34/h1-28,39-43,48H,29-30H2,(H,53,54)/p-1/t40-,41-,42+,43+,48-/m1/s1. The largest absolute Gasteiger partial charge is 0.756 e. The number of fused-ring (bicyclic) bond motifs is 3. The van der Waals surface area contributed by atoms with E-state index in [0.29, 0.717) is 0 Å². The van der Waals surface area contributed by atoms with Crippen LogP contribution in [-0.4, -0.2) is 67.8 Å². The molecule has 1 unspecified atom stereocenters. The van der Waals surface area contributed by atoms with E-state index in [9.17, 15) is 28.6 Å². The van der Waals surface area contributed by atoms with Gasteiger partial charge in [-0.05, 0) is 70.8 Å². The number of hydrogen-bond donors (Lipinski definition) is 0. The molecule has 0 spiro atoms. The summed E-state index contributed by atoms with van der Waals surface area (Å²) in [5, 5.41) is 0. The molecule has 6 aromatic carbocycles. The highest BCUT2D eigenvalue weighted by Gasteiger charge is 2.54. The van der Waals surface area contributed by atoms with Gasteiger partial charge in [-0.1, -0.05) is 121 Å². The molecule has 6 atom stereocenters. The highest BCUT2D eigenvalue weighted by Crippen LogP contribution is 2.49. The van der Waals surface area contributed by atoms with Crippen LogP contribution in [0.1, 0.15) is 58.5 Å². The van der Waals surface area contributed by atoms with Crippen LogP contribution in [0.25, 0.3) is 11.1 Å². The minimum atomic E-state index is -5.46. The van der Waals surface area contributed by atoms with Crippen LogP contribution in [0.4, 0.5) is 0 Å². The van der Waals surface area contributed by atoms with Crippen LogP contribution in [0.3, 0.4) is 0 Å². The summed E-state index contributed by atoms with van der Waals surface area (Å²) in [6, 6.07) is 46.4. The summed E-state index contributed by atoms with van der Waals surface area (Å²) in [7, 11) is -5.46. The zero-order valence-corrected chi connectivity index (χ0v) is 33.7. The summed E-state index contributed by atoms with van der Waals surface area (Å²) < 4.78 is 55.3. The predicted octanol–water partition coefficient (Wildman–Crippen LogP) is 7.56. The van der Waals surface area contributed by atoms with Crippen molar-refractivity contribution in [2.75, 3.05) is 13.2 Å². The number of hydrogen-bond acceptors (Lipinski definition) is 13. The minimum Gasteiger partial charge on any atom is -0.756 e. The molecule has 1 aliphatic carbocycles. The van der Waals surface area contributed by atoms with Gasteiger partial charge < -0.3 is 37.6 Å². The molecule has 0 N–H and O–H groups in total. The van der Waals surface area contributed by atoms with Crippen molar-refractivity contribution in [3.63, 3.8) is 0 Å². The summed E-state index contributed by atoms with van der Waals surface area (Å²) in [6.07, 6.45) is -9.25. The second kappa shape index (κ2) is 18.9. The van der Waals surface area contributed by atoms with Crippen LogP contribution in [0.15, 0.2) is 170 Å². The van der Waals surface area contributed by atoms with Gasteiger partial charge in [0.15, 0.2) is 6.10 Å². The predicted molar refractivity (Wildman–Crippen MR) is 221 cm³/mol. The number of phosphoric ester groups is 1. The van der Waals surface area contributed by atoms with Gasteiger partial charge >= 0.3 is 23.9 Å². The fraction of sp³-hybridized carbons (Fsp3) is 0.167. The lowest BCUT2D eigenvalue weighted by atomic mass is 9.98. The maximum atomic E-state index is 14.2. The van der Waals surface area contributed by atoms with Crippen LogP contribution >= 0.6 is 7.82 Å². The third-order valence-electron chi connectivity index (χ3n) is 10.3. The van der Waals surface area contributed by atoms with Gasteiger partial charge in [0, 0.05) is 5.92 Å². The van der Waals surface area contributed by atoms with Crippen LogP contribution in [0.2, 0.25) is 0 Å². The van der Waals surface area contributed by atoms with Gasteiger partial charge in [-0.25, -0.2) is 19.2 Å². The second-order valence-corrected chi connectivity index (χ2v) is 15.7. The fourth-order valence-electron chi connectivity index (χ4n) is 7.37. The molecule has 14 heteroatoms. The van der Waals surface area contributed by atoms with Crippen molar-refractivity contribution < 1.29 is 61.4 Å². The maximum absolute atomic E-state index is 14.2. The average molecular weight is 854 g/mol. The number of phosphoric acid groups is 1. The van der Waals surface area contributed by atoms with E-state index < -0.39 is 74.9 Å². The lowest BCUT2D eigenvalue weighted by Crippen LogP contribution is -2.63. The molecule has 13 nitrogen and oxygen atoms in total. The number of ether oxygens (including phenoxy) is 5. The first kappa shape index (κ1) is 42.0. The zero-order chi connectivity index (χ0) is 43.1. The summed E-state index contributed by atoms with van der Waals surface area (Å²) >= 11 is 0. The third-order valence-corrected chi connectivity index (χ3v) is 11.3. The molecular weight excluding hydrogens is 815 g/mol. The number of esters is 4. The number of carbonyl (C=O) groups is 4. The molecule has 314 valence electrons.